The minimum Gasteiger partial charge on any atom is -0.195 e. The molecule has 1 aromatic rings. The number of halogens is 6. The highest BCUT2D eigenvalue weighted by Gasteiger charge is 2.76. The first-order chi connectivity index (χ1) is 7.20. The maximum absolute atomic E-state index is 13.2. The number of alkyl halides is 6. The molecule has 7 heteroatoms. The summed E-state index contributed by atoms with van der Waals surface area (Å²) in [4.78, 5) is 0. The van der Waals surface area contributed by atoms with Crippen LogP contribution >= 0.6 is 11.3 Å². The number of hydrogen-bond donors (Lipinski definition) is 0. The van der Waals surface area contributed by atoms with Gasteiger partial charge in [-0.15, -0.1) is 0 Å². The Balaban J connectivity index is 2.57. The quantitative estimate of drug-likeness (QED) is 0.666. The normalized spacial score (nSPS) is 25.5. The molecule has 0 saturated heterocycles. The van der Waals surface area contributed by atoms with Crippen molar-refractivity contribution in [1.29, 1.82) is 0 Å². The molecule has 0 spiro atoms. The van der Waals surface area contributed by atoms with E-state index in [1.54, 1.807) is 0 Å². The summed E-state index contributed by atoms with van der Waals surface area (Å²) < 4.78 is 77.4. The molecule has 0 atom stereocenters. The van der Waals surface area contributed by atoms with Crippen LogP contribution in [0.25, 0.3) is 5.57 Å². The lowest BCUT2D eigenvalue weighted by Crippen LogP contribution is -2.48. The van der Waals surface area contributed by atoms with Crippen LogP contribution < -0.4 is 0 Å². The van der Waals surface area contributed by atoms with Crippen LogP contribution in [0, 0.1) is 0 Å². The van der Waals surface area contributed by atoms with Crippen LogP contribution in [0.4, 0.5) is 26.3 Å². The zero-order valence-electron chi connectivity index (χ0n) is 7.49. The highest BCUT2D eigenvalue weighted by molar-refractivity contribution is 7.08. The lowest BCUT2D eigenvalue weighted by atomic mass is 10.0. The van der Waals surface area contributed by atoms with Gasteiger partial charge in [-0.1, -0.05) is 0 Å². The molecule has 0 saturated carbocycles. The molecule has 88 valence electrons. The maximum Gasteiger partial charge on any atom is 0.380 e. The predicted octanol–water partition coefficient (Wildman–Crippen LogP) is 4.05. The molecular weight excluding hydrogens is 254 g/mol. The molecule has 0 amide bonds. The largest absolute Gasteiger partial charge is 0.380 e. The van der Waals surface area contributed by atoms with E-state index in [4.69, 9.17) is 0 Å². The monoisotopic (exact) mass is 258 g/mol. The van der Waals surface area contributed by atoms with Crippen molar-refractivity contribution in [1.82, 2.24) is 0 Å². The van der Waals surface area contributed by atoms with Crippen LogP contribution in [0.15, 0.2) is 22.9 Å². The van der Waals surface area contributed by atoms with Crippen molar-refractivity contribution in [3.8, 4) is 0 Å². The summed E-state index contributed by atoms with van der Waals surface area (Å²) in [7, 11) is 0. The summed E-state index contributed by atoms with van der Waals surface area (Å²) in [5, 5.41) is 2.47. The highest BCUT2D eigenvalue weighted by Crippen LogP contribution is 2.58. The van der Waals surface area contributed by atoms with Gasteiger partial charge in [-0.2, -0.15) is 37.7 Å². The Labute approximate surface area is 90.2 Å². The van der Waals surface area contributed by atoms with Crippen LogP contribution in [0.5, 0.6) is 0 Å². The second-order valence-electron chi connectivity index (χ2n) is 3.34. The average Bonchev–Trinajstić information content (AvgIpc) is 2.68. The zero-order valence-corrected chi connectivity index (χ0v) is 8.30. The molecule has 1 aliphatic carbocycles. The van der Waals surface area contributed by atoms with Gasteiger partial charge in [0.2, 0.25) is 0 Å². The molecule has 0 bridgehead atoms. The van der Waals surface area contributed by atoms with E-state index in [-0.39, 0.29) is 11.6 Å². The summed E-state index contributed by atoms with van der Waals surface area (Å²) in [6, 6.07) is 1.10. The van der Waals surface area contributed by atoms with E-state index >= 15 is 0 Å². The van der Waals surface area contributed by atoms with Crippen LogP contribution in [0.2, 0.25) is 0 Å². The van der Waals surface area contributed by atoms with E-state index in [9.17, 15) is 26.3 Å². The van der Waals surface area contributed by atoms with Crippen molar-refractivity contribution >= 4 is 16.9 Å². The number of rotatable bonds is 1. The Morgan fingerprint density at radius 2 is 1.62 bits per heavy atom. The van der Waals surface area contributed by atoms with E-state index in [0.717, 1.165) is 22.8 Å². The van der Waals surface area contributed by atoms with Crippen molar-refractivity contribution < 1.29 is 26.3 Å². The lowest BCUT2D eigenvalue weighted by Gasteiger charge is -2.24. The topological polar surface area (TPSA) is 0 Å². The fourth-order valence-corrected chi connectivity index (χ4v) is 2.08. The van der Waals surface area contributed by atoms with Gasteiger partial charge in [-0.3, -0.25) is 0 Å². The molecule has 2 rings (SSSR count). The first kappa shape index (κ1) is 11.5. The number of thiophene rings is 1. The van der Waals surface area contributed by atoms with Gasteiger partial charge in [-0.05, 0) is 22.4 Å². The molecule has 0 nitrogen and oxygen atoms in total. The molecule has 1 heterocycles. The Kier molecular flexibility index (Phi) is 2.18. The molecule has 0 N–H and O–H groups in total. The third kappa shape index (κ3) is 1.24. The van der Waals surface area contributed by atoms with Gasteiger partial charge in [0, 0.05) is 11.6 Å². The molecule has 0 aromatic carbocycles. The minimum atomic E-state index is -5.38. The Morgan fingerprint density at radius 3 is 2.00 bits per heavy atom. The lowest BCUT2D eigenvalue weighted by molar-refractivity contribution is -0.257. The molecule has 0 fully saturated rings. The Hall–Kier alpha value is -0.980. The van der Waals surface area contributed by atoms with Gasteiger partial charge in [0.25, 0.3) is 0 Å². The second-order valence-corrected chi connectivity index (χ2v) is 4.12. The summed E-state index contributed by atoms with van der Waals surface area (Å²) in [5.74, 6) is -15.1. The molecule has 16 heavy (non-hydrogen) atoms. The molecular formula is C9H4F6S. The van der Waals surface area contributed by atoms with Crippen LogP contribution in [0.1, 0.15) is 5.56 Å². The van der Waals surface area contributed by atoms with Gasteiger partial charge in [0.15, 0.2) is 0 Å². The Morgan fingerprint density at radius 1 is 1.00 bits per heavy atom. The van der Waals surface area contributed by atoms with Gasteiger partial charge in [0.05, 0.1) is 0 Å². The SMILES string of the molecule is FC1(F)C=C(c2ccsc2)C(F)(F)C1(F)F. The third-order valence-corrected chi connectivity index (χ3v) is 2.99. The minimum absolute atomic E-state index is 0.299. The second kappa shape index (κ2) is 3.03. The predicted molar refractivity (Wildman–Crippen MR) is 47.1 cm³/mol. The first-order valence-electron chi connectivity index (χ1n) is 4.09. The van der Waals surface area contributed by atoms with Crippen LogP contribution in [-0.4, -0.2) is 17.8 Å². The fourth-order valence-electron chi connectivity index (χ4n) is 1.42. The maximum atomic E-state index is 13.2. The average molecular weight is 258 g/mol. The van der Waals surface area contributed by atoms with Gasteiger partial charge >= 0.3 is 17.8 Å². The molecule has 0 aliphatic heterocycles. The first-order valence-corrected chi connectivity index (χ1v) is 5.04. The summed E-state index contributed by atoms with van der Waals surface area (Å²) in [6.45, 7) is 0. The van der Waals surface area contributed by atoms with Crippen molar-refractivity contribution in [3.63, 3.8) is 0 Å². The van der Waals surface area contributed by atoms with Crippen molar-refractivity contribution in [2.45, 2.75) is 17.8 Å². The van der Waals surface area contributed by atoms with E-state index in [0.29, 0.717) is 0 Å². The molecule has 1 aromatic heterocycles. The van der Waals surface area contributed by atoms with E-state index in [1.807, 2.05) is 0 Å². The van der Waals surface area contributed by atoms with Gasteiger partial charge in [-0.25, -0.2) is 0 Å². The smallest absolute Gasteiger partial charge is 0.195 e. The van der Waals surface area contributed by atoms with Crippen LogP contribution in [0.3, 0.4) is 0 Å². The summed E-state index contributed by atoms with van der Waals surface area (Å²) in [6.07, 6.45) is -0.352. The zero-order chi connectivity index (χ0) is 12.2. The third-order valence-electron chi connectivity index (χ3n) is 2.31. The van der Waals surface area contributed by atoms with Crippen LogP contribution in [-0.2, 0) is 0 Å². The fraction of sp³-hybridized carbons (Fsp3) is 0.333. The molecule has 1 aliphatic rings. The number of hydrogen-bond acceptors (Lipinski definition) is 1. The van der Waals surface area contributed by atoms with Crippen molar-refractivity contribution in [2.75, 3.05) is 0 Å². The summed E-state index contributed by atoms with van der Waals surface area (Å²) >= 11 is 0.963. The summed E-state index contributed by atoms with van der Waals surface area (Å²) in [5.41, 5.74) is -1.62. The highest BCUT2D eigenvalue weighted by atomic mass is 32.1. The van der Waals surface area contributed by atoms with E-state index in [1.165, 1.54) is 5.38 Å². The number of allylic oxidation sites excluding steroid dienone is 2. The molecule has 0 unspecified atom stereocenters. The van der Waals surface area contributed by atoms with Crippen molar-refractivity contribution in [2.24, 2.45) is 0 Å². The standard InChI is InChI=1S/C9H4F6S/c10-7(11)3-6(5-1-2-16-4-5)8(12,13)9(7,14)15/h1-4H. The van der Waals surface area contributed by atoms with E-state index in [2.05, 4.69) is 0 Å². The Bertz CT molecular complexity index is 431. The van der Waals surface area contributed by atoms with E-state index < -0.39 is 23.3 Å². The van der Waals surface area contributed by atoms with Crippen molar-refractivity contribution in [3.05, 3.63) is 28.5 Å². The molecule has 0 radical (unpaired) electrons. The van der Waals surface area contributed by atoms with Gasteiger partial charge < -0.3 is 0 Å². The van der Waals surface area contributed by atoms with Gasteiger partial charge in [0.1, 0.15) is 0 Å².